The van der Waals surface area contributed by atoms with E-state index >= 15 is 0 Å². The topological polar surface area (TPSA) is 54.0 Å². The van der Waals surface area contributed by atoms with E-state index in [4.69, 9.17) is 18.9 Å². The van der Waals surface area contributed by atoms with Gasteiger partial charge in [-0.3, -0.25) is 0 Å². The quantitative estimate of drug-likeness (QED) is 0.128. The molecule has 0 aliphatic heterocycles. The summed E-state index contributed by atoms with van der Waals surface area (Å²) in [5, 5.41) is 0. The lowest BCUT2D eigenvalue weighted by Crippen LogP contribution is -2.51. The molecule has 0 spiro atoms. The van der Waals surface area contributed by atoms with Crippen LogP contribution >= 0.6 is 0 Å². The van der Waals surface area contributed by atoms with Gasteiger partial charge in [-0.1, -0.05) is 53.5 Å². The lowest BCUT2D eigenvalue weighted by molar-refractivity contribution is -0.329. The molecule has 1 unspecified atom stereocenters. The smallest absolute Gasteiger partial charge is 0.330 e. The molecule has 0 aromatic carbocycles. The van der Waals surface area contributed by atoms with Crippen molar-refractivity contribution in [2.45, 2.75) is 84.0 Å². The summed E-state index contributed by atoms with van der Waals surface area (Å²) in [6, 6.07) is 0. The number of hydrogen-bond acceptors (Lipinski definition) is 5. The fraction of sp³-hybridized carbons (Fsp3) is 0.842. The maximum absolute atomic E-state index is 11.6. The third-order valence-electron chi connectivity index (χ3n) is 3.84. The van der Waals surface area contributed by atoms with Gasteiger partial charge in [-0.15, -0.1) is 0 Å². The van der Waals surface area contributed by atoms with Gasteiger partial charge >= 0.3 is 5.97 Å². The Morgan fingerprint density at radius 3 is 1.72 bits per heavy atom. The van der Waals surface area contributed by atoms with Crippen LogP contribution in [-0.2, 0) is 23.7 Å². The minimum atomic E-state index is -1.16. The summed E-state index contributed by atoms with van der Waals surface area (Å²) in [5.41, 5.74) is -1.21. The summed E-state index contributed by atoms with van der Waals surface area (Å²) in [5.74, 6) is -0.399. The van der Waals surface area contributed by atoms with Gasteiger partial charge in [0.05, 0.1) is 25.5 Å². The molecule has 0 N–H and O–H groups in total. The molecule has 25 heavy (non-hydrogen) atoms. The lowest BCUT2D eigenvalue weighted by atomic mass is 10.4. The molecule has 0 radical (unpaired) electrons. The van der Waals surface area contributed by atoms with Crippen molar-refractivity contribution in [3.63, 3.8) is 0 Å². The van der Waals surface area contributed by atoms with Crippen LogP contribution in [0.15, 0.2) is 12.7 Å². The summed E-state index contributed by atoms with van der Waals surface area (Å²) in [7, 11) is -1.16. The highest BCUT2D eigenvalue weighted by Gasteiger charge is 2.38. The van der Waals surface area contributed by atoms with Gasteiger partial charge in [0.2, 0.25) is 0 Å². The molecule has 0 aromatic heterocycles. The Bertz CT molecular complexity index is 322. The van der Waals surface area contributed by atoms with Gasteiger partial charge in [-0.05, 0) is 25.7 Å². The van der Waals surface area contributed by atoms with E-state index in [1.54, 1.807) is 0 Å². The first-order chi connectivity index (χ1) is 12.1. The van der Waals surface area contributed by atoms with Crippen LogP contribution in [0.3, 0.4) is 0 Å². The van der Waals surface area contributed by atoms with E-state index in [0.29, 0.717) is 19.8 Å². The molecule has 0 fully saturated rings. The molecule has 0 rings (SSSR count). The van der Waals surface area contributed by atoms with E-state index in [-0.39, 0.29) is 5.73 Å². The summed E-state index contributed by atoms with van der Waals surface area (Å²) in [6.07, 6.45) is 7.92. The molecule has 0 saturated carbocycles. The Morgan fingerprint density at radius 1 is 0.960 bits per heavy atom. The number of hydrogen-bond donors (Lipinski definition) is 0. The number of rotatable bonds is 17. The molecule has 5 nitrogen and oxygen atoms in total. The Morgan fingerprint density at radius 2 is 1.40 bits per heavy atom. The highest BCUT2D eigenvalue weighted by atomic mass is 28.2. The van der Waals surface area contributed by atoms with Crippen LogP contribution in [0.1, 0.15) is 72.6 Å². The van der Waals surface area contributed by atoms with Gasteiger partial charge in [0, 0.05) is 6.08 Å². The maximum Gasteiger partial charge on any atom is 0.330 e. The number of carbonyl (C=O) groups excluding carboxylic acids is 1. The number of ether oxygens (including phenoxy) is 4. The van der Waals surface area contributed by atoms with Crippen LogP contribution in [-0.4, -0.2) is 46.6 Å². The van der Waals surface area contributed by atoms with Crippen LogP contribution in [0, 0.1) is 0 Å². The van der Waals surface area contributed by atoms with Gasteiger partial charge in [0.15, 0.2) is 9.52 Å². The molecular weight excluding hydrogens is 336 g/mol. The van der Waals surface area contributed by atoms with E-state index in [9.17, 15) is 4.79 Å². The predicted molar refractivity (Wildman–Crippen MR) is 104 cm³/mol. The summed E-state index contributed by atoms with van der Waals surface area (Å²) < 4.78 is 23.8. The molecule has 0 amide bonds. The van der Waals surface area contributed by atoms with Crippen molar-refractivity contribution in [3.05, 3.63) is 12.7 Å². The monoisotopic (exact) mass is 374 g/mol. The summed E-state index contributed by atoms with van der Waals surface area (Å²) in [4.78, 5) is 11.6. The molecule has 1 atom stereocenters. The highest BCUT2D eigenvalue weighted by Crippen LogP contribution is 2.20. The van der Waals surface area contributed by atoms with Crippen LogP contribution < -0.4 is 0 Å². The fourth-order valence-electron chi connectivity index (χ4n) is 2.18. The third kappa shape index (κ3) is 11.5. The zero-order chi connectivity index (χ0) is 19.0. The standard InChI is InChI=1S/C19H38O5Si/c1-6-11-14-21-19(22-15-12-7-2,23-16-13-8-3)25-18(10-5)24-17(20)9-4/h9,18H,4,6-8,10-16,25H2,1-3,5H3. The molecule has 0 heterocycles. The zero-order valence-corrected chi connectivity index (χ0v) is 18.1. The first-order valence-corrected chi connectivity index (χ1v) is 11.3. The zero-order valence-electron chi connectivity index (χ0n) is 16.7. The lowest BCUT2D eigenvalue weighted by Gasteiger charge is -2.35. The van der Waals surface area contributed by atoms with E-state index in [1.165, 1.54) is 6.08 Å². The van der Waals surface area contributed by atoms with E-state index in [2.05, 4.69) is 27.4 Å². The second-order valence-electron chi connectivity index (χ2n) is 6.16. The second kappa shape index (κ2) is 15.6. The minimum Gasteiger partial charge on any atom is -0.463 e. The molecule has 6 heteroatoms. The number of unbranched alkanes of at least 4 members (excludes halogenated alkanes) is 3. The molecule has 0 aromatic rings. The average molecular weight is 375 g/mol. The van der Waals surface area contributed by atoms with Gasteiger partial charge < -0.3 is 18.9 Å². The molecule has 0 saturated heterocycles. The predicted octanol–water partition coefficient (Wildman–Crippen LogP) is 3.68. The highest BCUT2D eigenvalue weighted by molar-refractivity contribution is 6.40. The first-order valence-electron chi connectivity index (χ1n) is 9.82. The van der Waals surface area contributed by atoms with Crippen LogP contribution in [0.2, 0.25) is 0 Å². The van der Waals surface area contributed by atoms with Gasteiger partial charge in [0.25, 0.3) is 5.60 Å². The Hall–Kier alpha value is -0.693. The van der Waals surface area contributed by atoms with Crippen molar-refractivity contribution in [1.82, 2.24) is 0 Å². The minimum absolute atomic E-state index is 0.199. The Balaban J connectivity index is 5.12. The molecule has 0 aliphatic rings. The van der Waals surface area contributed by atoms with Crippen molar-refractivity contribution in [1.29, 1.82) is 0 Å². The van der Waals surface area contributed by atoms with Crippen molar-refractivity contribution in [3.8, 4) is 0 Å². The first kappa shape index (κ1) is 24.3. The maximum atomic E-state index is 11.6. The Labute approximate surface area is 156 Å². The van der Waals surface area contributed by atoms with Gasteiger partial charge in [0.1, 0.15) is 0 Å². The largest absolute Gasteiger partial charge is 0.463 e. The van der Waals surface area contributed by atoms with Gasteiger partial charge in [-0.25, -0.2) is 4.79 Å². The molecule has 148 valence electrons. The molecular formula is C19H38O5Si. The average Bonchev–Trinajstić information content (AvgIpc) is 2.61. The van der Waals surface area contributed by atoms with E-state index in [0.717, 1.165) is 44.9 Å². The Kier molecular flexibility index (Phi) is 15.1. The fourth-order valence-corrected chi connectivity index (χ4v) is 4.06. The second-order valence-corrected chi connectivity index (χ2v) is 8.35. The SMILES string of the molecule is C=CC(=O)OC(CC)[SiH2]C(OCCCC)(OCCCC)OCCCC. The number of carbonyl (C=O) groups is 1. The molecule has 0 aliphatic carbocycles. The summed E-state index contributed by atoms with van der Waals surface area (Å²) >= 11 is 0. The van der Waals surface area contributed by atoms with Gasteiger partial charge in [-0.2, -0.15) is 0 Å². The van der Waals surface area contributed by atoms with Crippen molar-refractivity contribution in [2.75, 3.05) is 19.8 Å². The number of esters is 1. The van der Waals surface area contributed by atoms with E-state index in [1.807, 2.05) is 6.92 Å². The summed E-state index contributed by atoms with van der Waals surface area (Å²) in [6.45, 7) is 13.6. The van der Waals surface area contributed by atoms with Crippen molar-refractivity contribution < 1.29 is 23.7 Å². The van der Waals surface area contributed by atoms with Crippen LogP contribution in [0.4, 0.5) is 0 Å². The van der Waals surface area contributed by atoms with E-state index < -0.39 is 21.1 Å². The van der Waals surface area contributed by atoms with Crippen molar-refractivity contribution >= 4 is 15.5 Å². The van der Waals surface area contributed by atoms with Crippen LogP contribution in [0.25, 0.3) is 0 Å². The normalized spacial score (nSPS) is 13.3. The molecule has 0 bridgehead atoms. The third-order valence-corrected chi connectivity index (χ3v) is 6.15. The van der Waals surface area contributed by atoms with Crippen molar-refractivity contribution in [2.24, 2.45) is 0 Å². The van der Waals surface area contributed by atoms with Crippen LogP contribution in [0.5, 0.6) is 0 Å².